The van der Waals surface area contributed by atoms with Crippen LogP contribution >= 0.6 is 11.8 Å². The maximum absolute atomic E-state index is 13.3. The molecule has 0 saturated carbocycles. The molecular formula is C21H32N2O3S. The van der Waals surface area contributed by atoms with Crippen LogP contribution in [0.15, 0.2) is 24.3 Å². The van der Waals surface area contributed by atoms with Crippen LogP contribution in [0.5, 0.6) is 5.75 Å². The third kappa shape index (κ3) is 5.41. The van der Waals surface area contributed by atoms with Crippen LogP contribution in [0.25, 0.3) is 0 Å². The van der Waals surface area contributed by atoms with Gasteiger partial charge in [-0.25, -0.2) is 0 Å². The molecule has 1 heterocycles. The minimum atomic E-state index is -0.436. The van der Waals surface area contributed by atoms with E-state index in [-0.39, 0.29) is 23.2 Å². The molecular weight excluding hydrogens is 360 g/mol. The molecule has 5 nitrogen and oxygen atoms in total. The van der Waals surface area contributed by atoms with Crippen LogP contribution in [0.1, 0.15) is 51.4 Å². The Kier molecular flexibility index (Phi) is 7.59. The average Bonchev–Trinajstić information content (AvgIpc) is 3.03. The molecule has 1 saturated heterocycles. The fraction of sp³-hybridized carbons (Fsp3) is 0.619. The van der Waals surface area contributed by atoms with Gasteiger partial charge >= 0.3 is 0 Å². The number of carbonyl (C=O) groups excluding carboxylic acids is 2. The lowest BCUT2D eigenvalue weighted by Gasteiger charge is -2.31. The van der Waals surface area contributed by atoms with Gasteiger partial charge in [-0.1, -0.05) is 27.7 Å². The highest BCUT2D eigenvalue weighted by atomic mass is 32.2. The molecule has 1 aromatic carbocycles. The zero-order valence-corrected chi connectivity index (χ0v) is 18.0. The monoisotopic (exact) mass is 392 g/mol. The Hall–Kier alpha value is -1.69. The quantitative estimate of drug-likeness (QED) is 0.767. The van der Waals surface area contributed by atoms with Crippen molar-refractivity contribution in [2.75, 3.05) is 12.9 Å². The van der Waals surface area contributed by atoms with Gasteiger partial charge in [0.05, 0.1) is 12.5 Å². The largest absolute Gasteiger partial charge is 0.497 e. The molecule has 0 aromatic heterocycles. The van der Waals surface area contributed by atoms with Crippen LogP contribution in [0.3, 0.4) is 0 Å². The normalized spacial score (nSPS) is 20.8. The van der Waals surface area contributed by atoms with Crippen molar-refractivity contribution in [3.8, 4) is 5.75 Å². The van der Waals surface area contributed by atoms with Crippen molar-refractivity contribution >= 4 is 23.6 Å². The van der Waals surface area contributed by atoms with Crippen LogP contribution in [0, 0.1) is 11.8 Å². The summed E-state index contributed by atoms with van der Waals surface area (Å²) in [6.07, 6.45) is 0.871. The van der Waals surface area contributed by atoms with Gasteiger partial charge in [-0.3, -0.25) is 9.59 Å². The third-order valence-electron chi connectivity index (χ3n) is 5.01. The minimum Gasteiger partial charge on any atom is -0.497 e. The zero-order chi connectivity index (χ0) is 20.1. The van der Waals surface area contributed by atoms with Crippen LogP contribution in [-0.4, -0.2) is 47.0 Å². The number of methoxy groups -OCH3 is 1. The van der Waals surface area contributed by atoms with E-state index in [0.717, 1.165) is 6.42 Å². The number of nitrogens with one attached hydrogen (secondary N) is 1. The second kappa shape index (κ2) is 9.49. The molecule has 6 heteroatoms. The van der Waals surface area contributed by atoms with Crippen molar-refractivity contribution in [1.29, 1.82) is 0 Å². The van der Waals surface area contributed by atoms with Gasteiger partial charge in [0.1, 0.15) is 11.8 Å². The molecule has 0 bridgehead atoms. The molecule has 0 aliphatic carbocycles. The molecule has 150 valence electrons. The van der Waals surface area contributed by atoms with Crippen LogP contribution in [0.2, 0.25) is 0 Å². The molecule has 27 heavy (non-hydrogen) atoms. The number of ether oxygens (including phenoxy) is 1. The Morgan fingerprint density at radius 3 is 2.33 bits per heavy atom. The third-order valence-corrected chi connectivity index (χ3v) is 6.32. The number of carbonyl (C=O) groups is 2. The highest BCUT2D eigenvalue weighted by Gasteiger charge is 2.42. The van der Waals surface area contributed by atoms with Crippen molar-refractivity contribution in [3.05, 3.63) is 29.8 Å². The van der Waals surface area contributed by atoms with E-state index in [9.17, 15) is 9.59 Å². The summed E-state index contributed by atoms with van der Waals surface area (Å²) in [6, 6.07) is 6.73. The molecule has 2 rings (SSSR count). The Morgan fingerprint density at radius 1 is 1.19 bits per heavy atom. The molecule has 0 radical (unpaired) electrons. The average molecular weight is 393 g/mol. The molecule has 0 spiro atoms. The van der Waals surface area contributed by atoms with Gasteiger partial charge in [0.15, 0.2) is 0 Å². The van der Waals surface area contributed by atoms with Gasteiger partial charge in [0.2, 0.25) is 5.91 Å². The van der Waals surface area contributed by atoms with Gasteiger partial charge in [-0.15, -0.1) is 11.8 Å². The summed E-state index contributed by atoms with van der Waals surface area (Å²) >= 11 is 1.70. The van der Waals surface area contributed by atoms with Crippen molar-refractivity contribution in [2.45, 2.75) is 58.5 Å². The number of amides is 2. The number of rotatable bonds is 7. The SMILES string of the molecule is COc1ccc(C(=O)N2C(CC(C)C)SCC2C(=O)NC(C)C(C)C)cc1. The summed E-state index contributed by atoms with van der Waals surface area (Å²) in [7, 11) is 1.60. The molecule has 1 aromatic rings. The molecule has 1 aliphatic heterocycles. The van der Waals surface area contributed by atoms with E-state index in [4.69, 9.17) is 4.74 Å². The summed E-state index contributed by atoms with van der Waals surface area (Å²) in [5.41, 5.74) is 0.585. The van der Waals surface area contributed by atoms with Crippen LogP contribution < -0.4 is 10.1 Å². The van der Waals surface area contributed by atoms with Gasteiger partial charge in [-0.2, -0.15) is 0 Å². The Labute approximate surface area is 167 Å². The molecule has 3 atom stereocenters. The van der Waals surface area contributed by atoms with E-state index in [1.165, 1.54) is 0 Å². The fourth-order valence-electron chi connectivity index (χ4n) is 2.99. The van der Waals surface area contributed by atoms with Crippen molar-refractivity contribution in [3.63, 3.8) is 0 Å². The van der Waals surface area contributed by atoms with Crippen LogP contribution in [-0.2, 0) is 4.79 Å². The zero-order valence-electron chi connectivity index (χ0n) is 17.2. The molecule has 1 aliphatic rings. The summed E-state index contributed by atoms with van der Waals surface area (Å²) in [5.74, 6) is 1.99. The molecule has 3 unspecified atom stereocenters. The second-order valence-corrected chi connectivity index (χ2v) is 9.13. The Bertz CT molecular complexity index is 645. The fourth-order valence-corrected chi connectivity index (χ4v) is 4.63. The predicted octanol–water partition coefficient (Wildman–Crippen LogP) is 3.79. The topological polar surface area (TPSA) is 58.6 Å². The van der Waals surface area contributed by atoms with E-state index in [0.29, 0.717) is 28.9 Å². The standard InChI is InChI=1S/C21H32N2O3S/c1-13(2)11-19-23(21(25)16-7-9-17(26-6)10-8-16)18(12-27-19)20(24)22-15(5)14(3)4/h7-10,13-15,18-19H,11-12H2,1-6H3,(H,22,24). The summed E-state index contributed by atoms with van der Waals surface area (Å²) < 4.78 is 5.18. The maximum atomic E-state index is 13.3. The highest BCUT2D eigenvalue weighted by molar-refractivity contribution is 8.00. The number of benzene rings is 1. The van der Waals surface area contributed by atoms with E-state index >= 15 is 0 Å². The maximum Gasteiger partial charge on any atom is 0.255 e. The summed E-state index contributed by atoms with van der Waals surface area (Å²) in [4.78, 5) is 28.0. The first kappa shape index (κ1) is 21.6. The first-order valence-electron chi connectivity index (χ1n) is 9.63. The molecule has 1 fully saturated rings. The summed E-state index contributed by atoms with van der Waals surface area (Å²) in [6.45, 7) is 10.5. The molecule has 1 N–H and O–H groups in total. The molecule has 2 amide bonds. The van der Waals surface area contributed by atoms with Gasteiger partial charge in [0, 0.05) is 17.4 Å². The minimum absolute atomic E-state index is 0.0182. The van der Waals surface area contributed by atoms with E-state index in [2.05, 4.69) is 33.0 Å². The first-order chi connectivity index (χ1) is 12.7. The first-order valence-corrected chi connectivity index (χ1v) is 10.7. The van der Waals surface area contributed by atoms with Crippen molar-refractivity contribution in [2.24, 2.45) is 11.8 Å². The van der Waals surface area contributed by atoms with Gasteiger partial charge in [0.25, 0.3) is 5.91 Å². The number of hydrogen-bond acceptors (Lipinski definition) is 4. The lowest BCUT2D eigenvalue weighted by atomic mass is 10.0. The number of hydrogen-bond donors (Lipinski definition) is 1. The van der Waals surface area contributed by atoms with Crippen LogP contribution in [0.4, 0.5) is 0 Å². The smallest absolute Gasteiger partial charge is 0.255 e. The van der Waals surface area contributed by atoms with E-state index < -0.39 is 6.04 Å². The number of nitrogens with zero attached hydrogens (tertiary/aromatic N) is 1. The van der Waals surface area contributed by atoms with Gasteiger partial charge in [-0.05, 0) is 49.4 Å². The second-order valence-electron chi connectivity index (χ2n) is 7.92. The van der Waals surface area contributed by atoms with Crippen molar-refractivity contribution in [1.82, 2.24) is 10.2 Å². The Balaban J connectivity index is 2.24. The number of thioether (sulfide) groups is 1. The van der Waals surface area contributed by atoms with E-state index in [1.54, 1.807) is 48.0 Å². The lowest BCUT2D eigenvalue weighted by Crippen LogP contribution is -2.52. The predicted molar refractivity (Wildman–Crippen MR) is 111 cm³/mol. The highest BCUT2D eigenvalue weighted by Crippen LogP contribution is 2.35. The van der Waals surface area contributed by atoms with Crippen molar-refractivity contribution < 1.29 is 14.3 Å². The lowest BCUT2D eigenvalue weighted by molar-refractivity contribution is -0.125. The Morgan fingerprint density at radius 2 is 1.81 bits per heavy atom. The summed E-state index contributed by atoms with van der Waals surface area (Å²) in [5, 5.41) is 3.10. The van der Waals surface area contributed by atoms with Gasteiger partial charge < -0.3 is 15.0 Å². The van der Waals surface area contributed by atoms with E-state index in [1.807, 2.05) is 6.92 Å².